The molecule has 0 aromatic heterocycles. The molecule has 1 aliphatic heterocycles. The largest absolute Gasteiger partial charge is 0.496 e. The first-order valence-electron chi connectivity index (χ1n) is 7.58. The molecule has 0 saturated carbocycles. The highest BCUT2D eigenvalue weighted by atomic mass is 16.5. The molecule has 1 aromatic rings. The van der Waals surface area contributed by atoms with Crippen molar-refractivity contribution in [3.63, 3.8) is 0 Å². The van der Waals surface area contributed by atoms with Crippen molar-refractivity contribution in [1.82, 2.24) is 10.2 Å². The molecule has 6 nitrogen and oxygen atoms in total. The fraction of sp³-hybridized carbons (Fsp3) is 0.562. The molecule has 1 aromatic carbocycles. The predicted octanol–water partition coefficient (Wildman–Crippen LogP) is 1.99. The second-order valence-electron chi connectivity index (χ2n) is 5.74. The first-order chi connectivity index (χ1) is 10.5. The van der Waals surface area contributed by atoms with E-state index < -0.39 is 6.09 Å². The topological polar surface area (TPSA) is 65.0 Å². The minimum atomic E-state index is -0.873. The third-order valence-electron chi connectivity index (χ3n) is 4.13. The zero-order valence-electron chi connectivity index (χ0n) is 13.5. The maximum absolute atomic E-state index is 11.7. The van der Waals surface area contributed by atoms with Gasteiger partial charge in [-0.25, -0.2) is 4.79 Å². The quantitative estimate of drug-likeness (QED) is 0.871. The van der Waals surface area contributed by atoms with Crippen molar-refractivity contribution in [2.24, 2.45) is 0 Å². The summed E-state index contributed by atoms with van der Waals surface area (Å²) in [7, 11) is 5.52. The van der Waals surface area contributed by atoms with E-state index in [0.717, 1.165) is 42.9 Å². The van der Waals surface area contributed by atoms with E-state index in [4.69, 9.17) is 4.74 Å². The molecule has 0 radical (unpaired) electrons. The van der Waals surface area contributed by atoms with Gasteiger partial charge in [0.15, 0.2) is 0 Å². The molecule has 0 aliphatic carbocycles. The van der Waals surface area contributed by atoms with Gasteiger partial charge in [0.2, 0.25) is 0 Å². The molecule has 0 atom stereocenters. The number of carbonyl (C=O) groups is 1. The maximum atomic E-state index is 11.7. The van der Waals surface area contributed by atoms with Crippen LogP contribution in [0.15, 0.2) is 18.2 Å². The van der Waals surface area contributed by atoms with Crippen LogP contribution in [-0.2, 0) is 6.54 Å². The van der Waals surface area contributed by atoms with Gasteiger partial charge in [0.1, 0.15) is 5.75 Å². The summed E-state index contributed by atoms with van der Waals surface area (Å²) < 4.78 is 5.45. The maximum Gasteiger partial charge on any atom is 0.407 e. The molecule has 1 aliphatic rings. The summed E-state index contributed by atoms with van der Waals surface area (Å²) in [5.74, 6) is 0.728. The number of ether oxygens (including phenoxy) is 1. The molecule has 2 N–H and O–H groups in total. The highest BCUT2D eigenvalue weighted by molar-refractivity contribution is 5.67. The Morgan fingerprint density at radius 1 is 1.36 bits per heavy atom. The smallest absolute Gasteiger partial charge is 0.407 e. The Kier molecular flexibility index (Phi) is 5.49. The molecule has 0 bridgehead atoms. The number of hydrogen-bond acceptors (Lipinski definition) is 4. The highest BCUT2D eigenvalue weighted by Gasteiger charge is 2.27. The number of nitrogens with one attached hydrogen (secondary N) is 1. The third kappa shape index (κ3) is 3.62. The molecule has 0 spiro atoms. The van der Waals surface area contributed by atoms with Gasteiger partial charge in [0.05, 0.1) is 13.7 Å². The normalized spacial score (nSPS) is 15.4. The van der Waals surface area contributed by atoms with E-state index in [1.165, 1.54) is 0 Å². The van der Waals surface area contributed by atoms with E-state index in [1.807, 2.05) is 37.2 Å². The number of hydrogen-bond donors (Lipinski definition) is 2. The van der Waals surface area contributed by atoms with Gasteiger partial charge in [-0.2, -0.15) is 0 Å². The van der Waals surface area contributed by atoms with Crippen molar-refractivity contribution in [3.8, 4) is 5.75 Å². The van der Waals surface area contributed by atoms with Gasteiger partial charge in [-0.1, -0.05) is 6.07 Å². The van der Waals surface area contributed by atoms with Gasteiger partial charge in [0.25, 0.3) is 0 Å². The predicted molar refractivity (Wildman–Crippen MR) is 86.8 cm³/mol. The molecular weight excluding hydrogens is 282 g/mol. The van der Waals surface area contributed by atoms with Crippen LogP contribution >= 0.6 is 0 Å². The Bertz CT molecular complexity index is 513. The van der Waals surface area contributed by atoms with E-state index in [0.29, 0.717) is 6.54 Å². The van der Waals surface area contributed by atoms with Crippen molar-refractivity contribution in [3.05, 3.63) is 23.8 Å². The lowest BCUT2D eigenvalue weighted by Gasteiger charge is -2.34. The molecule has 1 heterocycles. The van der Waals surface area contributed by atoms with Crippen molar-refractivity contribution in [2.75, 3.05) is 39.2 Å². The summed E-state index contributed by atoms with van der Waals surface area (Å²) in [6.45, 7) is 2.07. The number of methoxy groups -OCH3 is 1. The van der Waals surface area contributed by atoms with Gasteiger partial charge in [-0.3, -0.25) is 0 Å². The van der Waals surface area contributed by atoms with Gasteiger partial charge in [-0.15, -0.1) is 0 Å². The SMILES string of the molecule is COc1cccc(N(C)C)c1CN(C(=O)O)C1CCNCC1. The van der Waals surface area contributed by atoms with Crippen LogP contribution < -0.4 is 15.0 Å². The summed E-state index contributed by atoms with van der Waals surface area (Å²) in [5.41, 5.74) is 1.90. The number of piperidine rings is 1. The Hall–Kier alpha value is -1.95. The molecule has 122 valence electrons. The monoisotopic (exact) mass is 307 g/mol. The summed E-state index contributed by atoms with van der Waals surface area (Å²) in [5, 5.41) is 12.9. The van der Waals surface area contributed by atoms with Crippen LogP contribution in [0.2, 0.25) is 0 Å². The van der Waals surface area contributed by atoms with Gasteiger partial charge < -0.3 is 25.0 Å². The number of rotatable bonds is 5. The Labute approximate surface area is 131 Å². The van der Waals surface area contributed by atoms with Crippen molar-refractivity contribution in [1.29, 1.82) is 0 Å². The minimum absolute atomic E-state index is 0.0543. The second-order valence-corrected chi connectivity index (χ2v) is 5.74. The average molecular weight is 307 g/mol. The number of nitrogens with zero attached hydrogens (tertiary/aromatic N) is 2. The van der Waals surface area contributed by atoms with Crippen LogP contribution in [0.3, 0.4) is 0 Å². The van der Waals surface area contributed by atoms with E-state index in [1.54, 1.807) is 12.0 Å². The van der Waals surface area contributed by atoms with Gasteiger partial charge in [-0.05, 0) is 38.1 Å². The van der Waals surface area contributed by atoms with E-state index in [2.05, 4.69) is 5.32 Å². The second kappa shape index (κ2) is 7.35. The van der Waals surface area contributed by atoms with Crippen LogP contribution in [0.25, 0.3) is 0 Å². The van der Waals surface area contributed by atoms with Crippen molar-refractivity contribution < 1.29 is 14.6 Å². The van der Waals surface area contributed by atoms with E-state index >= 15 is 0 Å². The Balaban J connectivity index is 2.31. The molecule has 2 rings (SSSR count). The first-order valence-corrected chi connectivity index (χ1v) is 7.58. The Morgan fingerprint density at radius 3 is 2.59 bits per heavy atom. The lowest BCUT2D eigenvalue weighted by Crippen LogP contribution is -2.45. The average Bonchev–Trinajstić information content (AvgIpc) is 2.52. The lowest BCUT2D eigenvalue weighted by molar-refractivity contribution is 0.109. The molecule has 22 heavy (non-hydrogen) atoms. The number of amides is 1. The van der Waals surface area contributed by atoms with Crippen LogP contribution in [0.1, 0.15) is 18.4 Å². The molecule has 6 heteroatoms. The third-order valence-corrected chi connectivity index (χ3v) is 4.13. The minimum Gasteiger partial charge on any atom is -0.496 e. The first kappa shape index (κ1) is 16.4. The number of anilines is 1. The number of carboxylic acid groups (broad SMARTS) is 1. The Morgan fingerprint density at radius 2 is 2.05 bits per heavy atom. The standard InChI is InChI=1S/C16H25N3O3/c1-18(2)14-5-4-6-15(22-3)13(14)11-19(16(20)21)12-7-9-17-10-8-12/h4-6,12,17H,7-11H2,1-3H3,(H,20,21). The molecular formula is C16H25N3O3. The van der Waals surface area contributed by atoms with Crippen LogP contribution in [0.4, 0.5) is 10.5 Å². The van der Waals surface area contributed by atoms with Crippen molar-refractivity contribution >= 4 is 11.8 Å². The van der Waals surface area contributed by atoms with Crippen LogP contribution in [-0.4, -0.2) is 56.4 Å². The van der Waals surface area contributed by atoms with E-state index in [-0.39, 0.29) is 6.04 Å². The van der Waals surface area contributed by atoms with Gasteiger partial charge in [0, 0.05) is 31.4 Å². The van der Waals surface area contributed by atoms with Crippen LogP contribution in [0, 0.1) is 0 Å². The summed E-state index contributed by atoms with van der Waals surface area (Å²) in [4.78, 5) is 15.3. The number of benzene rings is 1. The zero-order chi connectivity index (χ0) is 16.1. The lowest BCUT2D eigenvalue weighted by atomic mass is 10.0. The van der Waals surface area contributed by atoms with E-state index in [9.17, 15) is 9.90 Å². The molecule has 0 unspecified atom stereocenters. The highest BCUT2D eigenvalue weighted by Crippen LogP contribution is 2.31. The molecule has 1 amide bonds. The molecule has 1 saturated heterocycles. The summed E-state index contributed by atoms with van der Waals surface area (Å²) >= 11 is 0. The van der Waals surface area contributed by atoms with Crippen LogP contribution in [0.5, 0.6) is 5.75 Å². The molecule has 1 fully saturated rings. The van der Waals surface area contributed by atoms with Gasteiger partial charge >= 0.3 is 6.09 Å². The fourth-order valence-electron chi connectivity index (χ4n) is 2.96. The van der Waals surface area contributed by atoms with Crippen molar-refractivity contribution in [2.45, 2.75) is 25.4 Å². The zero-order valence-corrected chi connectivity index (χ0v) is 13.5. The summed E-state index contributed by atoms with van der Waals surface area (Å²) in [6.07, 6.45) is 0.819. The summed E-state index contributed by atoms with van der Waals surface area (Å²) in [6, 6.07) is 5.84. The fourth-order valence-corrected chi connectivity index (χ4v) is 2.96.